The van der Waals surface area contributed by atoms with Gasteiger partial charge in [0.15, 0.2) is 0 Å². The Hall–Kier alpha value is -0.860. The van der Waals surface area contributed by atoms with E-state index in [4.69, 9.17) is 4.74 Å². The molecule has 1 aliphatic heterocycles. The van der Waals surface area contributed by atoms with Gasteiger partial charge in [0.25, 0.3) is 0 Å². The van der Waals surface area contributed by atoms with Crippen LogP contribution >= 0.6 is 0 Å². The van der Waals surface area contributed by atoms with Crippen LogP contribution in [-0.2, 0) is 4.74 Å². The number of rotatable bonds is 6. The highest BCUT2D eigenvalue weighted by atomic mass is 16.5. The molecule has 1 saturated carbocycles. The van der Waals surface area contributed by atoms with Crippen LogP contribution in [0.5, 0.6) is 0 Å². The van der Waals surface area contributed by atoms with Gasteiger partial charge in [-0.25, -0.2) is 0 Å². The van der Waals surface area contributed by atoms with Gasteiger partial charge in [-0.3, -0.25) is 0 Å². The first-order valence-electron chi connectivity index (χ1n) is 7.78. The molecule has 0 amide bonds. The van der Waals surface area contributed by atoms with Crippen molar-refractivity contribution in [1.29, 1.82) is 0 Å². The molecule has 1 heterocycles. The predicted molar refractivity (Wildman–Crippen MR) is 78.4 cm³/mol. The summed E-state index contributed by atoms with van der Waals surface area (Å²) in [5.74, 6) is 1.40. The van der Waals surface area contributed by atoms with Crippen LogP contribution in [-0.4, -0.2) is 25.8 Å². The van der Waals surface area contributed by atoms with Gasteiger partial charge in [-0.15, -0.1) is 0 Å². The topological polar surface area (TPSA) is 21.3 Å². The molecule has 0 spiro atoms. The van der Waals surface area contributed by atoms with Crippen molar-refractivity contribution in [2.45, 2.75) is 44.1 Å². The Labute approximate surface area is 116 Å². The van der Waals surface area contributed by atoms with Crippen LogP contribution in [0.1, 0.15) is 43.6 Å². The van der Waals surface area contributed by atoms with Crippen molar-refractivity contribution in [2.24, 2.45) is 5.92 Å². The third-order valence-corrected chi connectivity index (χ3v) is 4.37. The molecular weight excluding hydrogens is 234 g/mol. The average Bonchev–Trinajstić information content (AvgIpc) is 3.30. The third-order valence-electron chi connectivity index (χ3n) is 4.37. The number of benzene rings is 1. The Balaban J connectivity index is 1.60. The third kappa shape index (κ3) is 4.05. The van der Waals surface area contributed by atoms with E-state index in [1.807, 2.05) is 0 Å². The standard InChI is InChI=1S/C17H25NO/c1-2-6-15(7-3-1)16(12-18-17-8-9-17)11-14-5-4-10-19-13-14/h1-3,6-7,14,16-18H,4-5,8-13H2. The fourth-order valence-electron chi connectivity index (χ4n) is 3.05. The summed E-state index contributed by atoms with van der Waals surface area (Å²) in [5, 5.41) is 3.70. The minimum Gasteiger partial charge on any atom is -0.381 e. The summed E-state index contributed by atoms with van der Waals surface area (Å²) in [6, 6.07) is 11.8. The van der Waals surface area contributed by atoms with E-state index in [0.717, 1.165) is 31.7 Å². The molecule has 2 fully saturated rings. The Bertz CT molecular complexity index is 368. The van der Waals surface area contributed by atoms with E-state index in [0.29, 0.717) is 5.92 Å². The highest BCUT2D eigenvalue weighted by Crippen LogP contribution is 2.29. The predicted octanol–water partition coefficient (Wildman–Crippen LogP) is 3.34. The second-order valence-corrected chi connectivity index (χ2v) is 6.11. The number of hydrogen-bond acceptors (Lipinski definition) is 2. The molecule has 1 aromatic carbocycles. The first-order chi connectivity index (χ1) is 9.42. The molecular formula is C17H25NO. The SMILES string of the molecule is c1ccc(C(CNC2CC2)CC2CCCOC2)cc1. The Morgan fingerprint density at radius 2 is 2.00 bits per heavy atom. The highest BCUT2D eigenvalue weighted by molar-refractivity contribution is 5.20. The quantitative estimate of drug-likeness (QED) is 0.846. The second-order valence-electron chi connectivity index (χ2n) is 6.11. The Morgan fingerprint density at radius 1 is 1.16 bits per heavy atom. The van der Waals surface area contributed by atoms with Gasteiger partial charge < -0.3 is 10.1 Å². The molecule has 1 aliphatic carbocycles. The molecule has 2 atom stereocenters. The van der Waals surface area contributed by atoms with E-state index in [1.54, 1.807) is 0 Å². The van der Waals surface area contributed by atoms with Gasteiger partial charge in [0.05, 0.1) is 0 Å². The lowest BCUT2D eigenvalue weighted by Crippen LogP contribution is -2.27. The lowest BCUT2D eigenvalue weighted by atomic mass is 9.86. The van der Waals surface area contributed by atoms with Gasteiger partial charge in [0.1, 0.15) is 0 Å². The van der Waals surface area contributed by atoms with Crippen LogP contribution in [0.15, 0.2) is 30.3 Å². The summed E-state index contributed by atoms with van der Waals surface area (Å²) < 4.78 is 5.64. The smallest absolute Gasteiger partial charge is 0.0494 e. The molecule has 2 unspecified atom stereocenters. The zero-order chi connectivity index (χ0) is 12.9. The van der Waals surface area contributed by atoms with E-state index in [-0.39, 0.29) is 0 Å². The van der Waals surface area contributed by atoms with Crippen molar-refractivity contribution >= 4 is 0 Å². The minimum atomic E-state index is 0.647. The van der Waals surface area contributed by atoms with E-state index in [1.165, 1.54) is 37.7 Å². The zero-order valence-electron chi connectivity index (χ0n) is 11.7. The van der Waals surface area contributed by atoms with Crippen LogP contribution in [0.25, 0.3) is 0 Å². The van der Waals surface area contributed by atoms with Crippen molar-refractivity contribution in [1.82, 2.24) is 5.32 Å². The van der Waals surface area contributed by atoms with Crippen LogP contribution in [0, 0.1) is 5.92 Å². The molecule has 1 aromatic rings. The maximum Gasteiger partial charge on any atom is 0.0494 e. The molecule has 2 heteroatoms. The monoisotopic (exact) mass is 259 g/mol. The molecule has 1 saturated heterocycles. The van der Waals surface area contributed by atoms with E-state index in [2.05, 4.69) is 35.6 Å². The van der Waals surface area contributed by atoms with Crippen molar-refractivity contribution in [2.75, 3.05) is 19.8 Å². The largest absolute Gasteiger partial charge is 0.381 e. The normalized spacial score (nSPS) is 25.2. The maximum absolute atomic E-state index is 5.64. The van der Waals surface area contributed by atoms with Gasteiger partial charge in [-0.05, 0) is 49.5 Å². The first-order valence-corrected chi connectivity index (χ1v) is 7.78. The van der Waals surface area contributed by atoms with Gasteiger partial charge in [0, 0.05) is 25.8 Å². The molecule has 2 aliphatic rings. The molecule has 104 valence electrons. The number of nitrogens with one attached hydrogen (secondary N) is 1. The van der Waals surface area contributed by atoms with Crippen molar-refractivity contribution < 1.29 is 4.74 Å². The molecule has 0 radical (unpaired) electrons. The maximum atomic E-state index is 5.64. The molecule has 3 rings (SSSR count). The van der Waals surface area contributed by atoms with Crippen LogP contribution in [0.2, 0.25) is 0 Å². The summed E-state index contributed by atoms with van der Waals surface area (Å²) in [7, 11) is 0. The van der Waals surface area contributed by atoms with Gasteiger partial charge >= 0.3 is 0 Å². The number of hydrogen-bond donors (Lipinski definition) is 1. The second kappa shape index (κ2) is 6.53. The Kier molecular flexibility index (Phi) is 4.52. The average molecular weight is 259 g/mol. The summed E-state index contributed by atoms with van der Waals surface area (Å²) in [6.07, 6.45) is 6.58. The summed E-state index contributed by atoms with van der Waals surface area (Å²) in [6.45, 7) is 3.06. The van der Waals surface area contributed by atoms with Crippen molar-refractivity contribution in [3.63, 3.8) is 0 Å². The van der Waals surface area contributed by atoms with Gasteiger partial charge in [-0.1, -0.05) is 30.3 Å². The lowest BCUT2D eigenvalue weighted by Gasteiger charge is -2.27. The van der Waals surface area contributed by atoms with Gasteiger partial charge in [0.2, 0.25) is 0 Å². The van der Waals surface area contributed by atoms with Crippen LogP contribution in [0.4, 0.5) is 0 Å². The van der Waals surface area contributed by atoms with E-state index in [9.17, 15) is 0 Å². The van der Waals surface area contributed by atoms with Crippen LogP contribution < -0.4 is 5.32 Å². The summed E-state index contributed by atoms with van der Waals surface area (Å²) in [4.78, 5) is 0. The van der Waals surface area contributed by atoms with Gasteiger partial charge in [-0.2, -0.15) is 0 Å². The molecule has 2 nitrogen and oxygen atoms in total. The first kappa shape index (κ1) is 13.1. The molecule has 1 N–H and O–H groups in total. The molecule has 19 heavy (non-hydrogen) atoms. The molecule has 0 bridgehead atoms. The Morgan fingerprint density at radius 3 is 2.68 bits per heavy atom. The molecule has 0 aromatic heterocycles. The highest BCUT2D eigenvalue weighted by Gasteiger charge is 2.24. The van der Waals surface area contributed by atoms with E-state index >= 15 is 0 Å². The summed E-state index contributed by atoms with van der Waals surface area (Å²) in [5.41, 5.74) is 1.49. The minimum absolute atomic E-state index is 0.647. The van der Waals surface area contributed by atoms with Crippen molar-refractivity contribution in [3.8, 4) is 0 Å². The zero-order valence-corrected chi connectivity index (χ0v) is 11.7. The van der Waals surface area contributed by atoms with Crippen molar-refractivity contribution in [3.05, 3.63) is 35.9 Å². The fourth-order valence-corrected chi connectivity index (χ4v) is 3.05. The van der Waals surface area contributed by atoms with E-state index < -0.39 is 0 Å². The fraction of sp³-hybridized carbons (Fsp3) is 0.647. The van der Waals surface area contributed by atoms with Crippen LogP contribution in [0.3, 0.4) is 0 Å². The summed E-state index contributed by atoms with van der Waals surface area (Å²) >= 11 is 0. The lowest BCUT2D eigenvalue weighted by molar-refractivity contribution is 0.0488. The number of ether oxygens (including phenoxy) is 1.